The van der Waals surface area contributed by atoms with E-state index >= 15 is 0 Å². The molecule has 2 N–H and O–H groups in total. The molecule has 22 heavy (non-hydrogen) atoms. The highest BCUT2D eigenvalue weighted by Gasteiger charge is 2.30. The number of hydrogen-bond donors (Lipinski definition) is 2. The molecule has 114 valence electrons. The minimum atomic E-state index is -0.687. The Hall–Kier alpha value is -2.48. The van der Waals surface area contributed by atoms with Crippen molar-refractivity contribution in [3.8, 4) is 0 Å². The molecular formula is C14H13N3O4S. The molecule has 8 heteroatoms. The van der Waals surface area contributed by atoms with Crippen molar-refractivity contribution in [2.24, 2.45) is 0 Å². The van der Waals surface area contributed by atoms with Crippen LogP contribution in [0.3, 0.4) is 0 Å². The van der Waals surface area contributed by atoms with Crippen molar-refractivity contribution in [3.05, 3.63) is 28.6 Å². The lowest BCUT2D eigenvalue weighted by Gasteiger charge is -2.20. The van der Waals surface area contributed by atoms with Crippen LogP contribution >= 0.6 is 11.5 Å². The monoisotopic (exact) mass is 319 g/mol. The second-order valence-corrected chi connectivity index (χ2v) is 6.04. The van der Waals surface area contributed by atoms with Gasteiger partial charge in [0.05, 0.1) is 15.8 Å². The Morgan fingerprint density at radius 1 is 1.36 bits per heavy atom. The van der Waals surface area contributed by atoms with Crippen LogP contribution in [0.4, 0.5) is 5.69 Å². The first-order chi connectivity index (χ1) is 10.5. The summed E-state index contributed by atoms with van der Waals surface area (Å²) in [4.78, 5) is 46.9. The zero-order valence-electron chi connectivity index (χ0n) is 11.7. The van der Waals surface area contributed by atoms with E-state index < -0.39 is 11.9 Å². The van der Waals surface area contributed by atoms with Gasteiger partial charge in [-0.25, -0.2) is 0 Å². The number of aromatic nitrogens is 1. The van der Waals surface area contributed by atoms with E-state index in [1.807, 2.05) is 0 Å². The van der Waals surface area contributed by atoms with Gasteiger partial charge in [-0.05, 0) is 18.6 Å². The van der Waals surface area contributed by atoms with Crippen molar-refractivity contribution >= 4 is 45.0 Å². The molecule has 0 aliphatic carbocycles. The average Bonchev–Trinajstić information content (AvgIpc) is 2.77. The van der Waals surface area contributed by atoms with Crippen molar-refractivity contribution in [2.75, 3.05) is 5.32 Å². The smallest absolute Gasteiger partial charge is 0.269 e. The van der Waals surface area contributed by atoms with Gasteiger partial charge in [0, 0.05) is 13.3 Å². The van der Waals surface area contributed by atoms with Crippen LogP contribution in [-0.4, -0.2) is 21.7 Å². The van der Waals surface area contributed by atoms with Crippen molar-refractivity contribution in [2.45, 2.75) is 25.8 Å². The zero-order valence-corrected chi connectivity index (χ0v) is 12.5. The van der Waals surface area contributed by atoms with Crippen LogP contribution in [0.1, 0.15) is 25.8 Å². The first-order valence-corrected chi connectivity index (χ1v) is 7.50. The Labute approximate surface area is 129 Å². The van der Waals surface area contributed by atoms with Crippen molar-refractivity contribution in [1.82, 2.24) is 9.27 Å². The van der Waals surface area contributed by atoms with Gasteiger partial charge >= 0.3 is 0 Å². The van der Waals surface area contributed by atoms with E-state index in [-0.39, 0.29) is 23.8 Å². The standard InChI is InChI=1S/C14H13N3O4S/c1-7(18)15-9-4-2-3-8-12(9)22-17(14(8)21)10-5-6-11(19)16-13(10)20/h2-4,10H,5-6H2,1H3,(H,15,18)(H,16,19,20). The number of anilines is 1. The molecule has 1 aromatic carbocycles. The number of hydrogen-bond acceptors (Lipinski definition) is 5. The number of amides is 3. The third-order valence-corrected chi connectivity index (χ3v) is 4.68. The van der Waals surface area contributed by atoms with Gasteiger partial charge in [-0.2, -0.15) is 0 Å². The maximum absolute atomic E-state index is 12.5. The molecule has 1 aromatic heterocycles. The topological polar surface area (TPSA) is 97.3 Å². The predicted octanol–water partition coefficient (Wildman–Crippen LogP) is 0.999. The Morgan fingerprint density at radius 3 is 2.82 bits per heavy atom. The van der Waals surface area contributed by atoms with Crippen LogP contribution in [0.25, 0.3) is 10.1 Å². The normalized spacial score (nSPS) is 18.3. The number of carbonyl (C=O) groups excluding carboxylic acids is 3. The number of carbonyl (C=O) groups is 3. The summed E-state index contributed by atoms with van der Waals surface area (Å²) in [5.41, 5.74) is 0.250. The second kappa shape index (κ2) is 5.38. The number of nitrogens with zero attached hydrogens (tertiary/aromatic N) is 1. The summed E-state index contributed by atoms with van der Waals surface area (Å²) in [5, 5.41) is 5.37. The third kappa shape index (κ3) is 2.41. The molecule has 0 bridgehead atoms. The fourth-order valence-corrected chi connectivity index (χ4v) is 3.64. The predicted molar refractivity (Wildman–Crippen MR) is 81.8 cm³/mol. The van der Waals surface area contributed by atoms with E-state index in [1.54, 1.807) is 18.2 Å². The van der Waals surface area contributed by atoms with E-state index in [0.29, 0.717) is 22.2 Å². The quantitative estimate of drug-likeness (QED) is 0.807. The Bertz CT molecular complexity index is 851. The van der Waals surface area contributed by atoms with Gasteiger partial charge in [0.15, 0.2) is 0 Å². The van der Waals surface area contributed by atoms with Gasteiger partial charge in [0.2, 0.25) is 11.8 Å². The van der Waals surface area contributed by atoms with Gasteiger partial charge in [0.25, 0.3) is 11.5 Å². The first-order valence-electron chi connectivity index (χ1n) is 6.73. The lowest BCUT2D eigenvalue weighted by atomic mass is 10.1. The molecule has 1 atom stereocenters. The minimum absolute atomic E-state index is 0.204. The summed E-state index contributed by atoms with van der Waals surface area (Å²) >= 11 is 1.12. The second-order valence-electron chi connectivity index (χ2n) is 5.05. The molecule has 1 unspecified atom stereocenters. The highest BCUT2D eigenvalue weighted by Crippen LogP contribution is 2.29. The SMILES string of the molecule is CC(=O)Nc1cccc2c(=O)n(C3CCC(=O)NC3=O)sc12. The molecule has 7 nitrogen and oxygen atoms in total. The fourth-order valence-electron chi connectivity index (χ4n) is 2.46. The molecule has 3 rings (SSSR count). The summed E-state index contributed by atoms with van der Waals surface area (Å²) in [7, 11) is 0. The lowest BCUT2D eigenvalue weighted by Crippen LogP contribution is -2.43. The molecule has 1 fully saturated rings. The number of rotatable bonds is 2. The Kier molecular flexibility index (Phi) is 3.53. The fraction of sp³-hybridized carbons (Fsp3) is 0.286. The molecule has 0 radical (unpaired) electrons. The summed E-state index contributed by atoms with van der Waals surface area (Å²) in [6.45, 7) is 1.39. The molecule has 2 aromatic rings. The number of nitrogens with one attached hydrogen (secondary N) is 2. The van der Waals surface area contributed by atoms with Gasteiger partial charge in [0.1, 0.15) is 6.04 Å². The van der Waals surface area contributed by atoms with E-state index in [0.717, 1.165) is 11.5 Å². The molecule has 3 amide bonds. The van der Waals surface area contributed by atoms with Gasteiger partial charge in [-0.1, -0.05) is 17.6 Å². The molecule has 1 aliphatic heterocycles. The molecule has 0 spiro atoms. The molecule has 1 saturated heterocycles. The maximum atomic E-state index is 12.5. The highest BCUT2D eigenvalue weighted by atomic mass is 32.1. The summed E-state index contributed by atoms with van der Waals surface area (Å²) in [6.07, 6.45) is 0.502. The van der Waals surface area contributed by atoms with Crippen LogP contribution in [0, 0.1) is 0 Å². The number of benzene rings is 1. The lowest BCUT2D eigenvalue weighted by molar-refractivity contribution is -0.135. The van der Waals surface area contributed by atoms with Crippen molar-refractivity contribution in [3.63, 3.8) is 0 Å². The van der Waals surface area contributed by atoms with Crippen LogP contribution in [-0.2, 0) is 14.4 Å². The molecule has 2 heterocycles. The largest absolute Gasteiger partial charge is 0.325 e. The van der Waals surface area contributed by atoms with Crippen LogP contribution in [0.5, 0.6) is 0 Å². The van der Waals surface area contributed by atoms with Gasteiger partial charge in [-0.15, -0.1) is 0 Å². The maximum Gasteiger partial charge on any atom is 0.269 e. The molecular weight excluding hydrogens is 306 g/mol. The highest BCUT2D eigenvalue weighted by molar-refractivity contribution is 7.14. The molecule has 0 saturated carbocycles. The molecule has 1 aliphatic rings. The van der Waals surface area contributed by atoms with Crippen LogP contribution in [0.2, 0.25) is 0 Å². The summed E-state index contributed by atoms with van der Waals surface area (Å²) in [5.74, 6) is -1.03. The zero-order chi connectivity index (χ0) is 15.9. The van der Waals surface area contributed by atoms with E-state index in [9.17, 15) is 19.2 Å². The minimum Gasteiger partial charge on any atom is -0.325 e. The number of imide groups is 1. The summed E-state index contributed by atoms with van der Waals surface area (Å²) in [6, 6.07) is 4.35. The van der Waals surface area contributed by atoms with Gasteiger partial charge < -0.3 is 5.32 Å². The van der Waals surface area contributed by atoms with Gasteiger partial charge in [-0.3, -0.25) is 28.5 Å². The number of piperidine rings is 1. The van der Waals surface area contributed by atoms with Crippen molar-refractivity contribution in [1.29, 1.82) is 0 Å². The first kappa shape index (κ1) is 14.5. The Balaban J connectivity index is 2.10. The summed E-state index contributed by atoms with van der Waals surface area (Å²) < 4.78 is 1.99. The van der Waals surface area contributed by atoms with Crippen LogP contribution in [0.15, 0.2) is 23.0 Å². The average molecular weight is 319 g/mol. The number of fused-ring (bicyclic) bond motifs is 1. The van der Waals surface area contributed by atoms with Crippen LogP contribution < -0.4 is 16.2 Å². The van der Waals surface area contributed by atoms with Crippen molar-refractivity contribution < 1.29 is 14.4 Å². The van der Waals surface area contributed by atoms with E-state index in [2.05, 4.69) is 10.6 Å². The Morgan fingerprint density at radius 2 is 2.14 bits per heavy atom. The van der Waals surface area contributed by atoms with E-state index in [1.165, 1.54) is 10.9 Å². The van der Waals surface area contributed by atoms with E-state index in [4.69, 9.17) is 0 Å². The third-order valence-electron chi connectivity index (χ3n) is 3.44.